The van der Waals surface area contributed by atoms with E-state index in [1.54, 1.807) is 23.1 Å². The van der Waals surface area contributed by atoms with E-state index in [1.807, 2.05) is 17.0 Å². The number of thioether (sulfide) groups is 1. The van der Waals surface area contributed by atoms with Crippen LogP contribution in [-0.4, -0.2) is 41.5 Å². The first-order valence-corrected chi connectivity index (χ1v) is 14.5. The third-order valence-electron chi connectivity index (χ3n) is 7.99. The lowest BCUT2D eigenvalue weighted by atomic mass is 9.73. The third-order valence-corrected chi connectivity index (χ3v) is 10.7. The van der Waals surface area contributed by atoms with Crippen LogP contribution in [0.4, 0.5) is 0 Å². The molecule has 1 unspecified atom stereocenters. The molecule has 1 fully saturated rings. The van der Waals surface area contributed by atoms with Gasteiger partial charge in [-0.25, -0.2) is 0 Å². The summed E-state index contributed by atoms with van der Waals surface area (Å²) in [6.07, 6.45) is 4.13. The van der Waals surface area contributed by atoms with E-state index in [0.29, 0.717) is 37.9 Å². The van der Waals surface area contributed by atoms with Crippen molar-refractivity contribution >= 4 is 34.8 Å². The largest absolute Gasteiger partial charge is 0.492 e. The van der Waals surface area contributed by atoms with E-state index in [4.69, 9.17) is 10.5 Å². The molecular formula is C28H36N2O3S2. The van der Waals surface area contributed by atoms with Crippen LogP contribution in [0.5, 0.6) is 5.75 Å². The number of thiophene rings is 1. The molecule has 1 atom stereocenters. The molecule has 0 radical (unpaired) electrons. The van der Waals surface area contributed by atoms with Gasteiger partial charge in [-0.2, -0.15) is 0 Å². The smallest absolute Gasteiger partial charge is 0.264 e. The van der Waals surface area contributed by atoms with E-state index in [-0.39, 0.29) is 22.5 Å². The lowest BCUT2D eigenvalue weighted by Gasteiger charge is -2.39. The van der Waals surface area contributed by atoms with Gasteiger partial charge in [-0.1, -0.05) is 39.8 Å². The summed E-state index contributed by atoms with van der Waals surface area (Å²) in [6, 6.07) is 6.27. The number of hydrogen-bond acceptors (Lipinski definition) is 6. The highest BCUT2D eigenvalue weighted by Crippen LogP contribution is 2.48. The Kier molecular flexibility index (Phi) is 6.56. The molecule has 1 saturated heterocycles. The number of ether oxygens (including phenoxy) is 1. The second kappa shape index (κ2) is 9.24. The normalized spacial score (nSPS) is 20.9. The van der Waals surface area contributed by atoms with Gasteiger partial charge in [-0.05, 0) is 48.3 Å². The van der Waals surface area contributed by atoms with Crippen molar-refractivity contribution < 1.29 is 14.3 Å². The van der Waals surface area contributed by atoms with Crippen molar-refractivity contribution in [1.82, 2.24) is 4.90 Å². The van der Waals surface area contributed by atoms with Gasteiger partial charge in [0, 0.05) is 47.8 Å². The van der Waals surface area contributed by atoms with E-state index < -0.39 is 0 Å². The Morgan fingerprint density at radius 2 is 2.00 bits per heavy atom. The van der Waals surface area contributed by atoms with Gasteiger partial charge in [-0.3, -0.25) is 9.59 Å². The van der Waals surface area contributed by atoms with Gasteiger partial charge in [0.15, 0.2) is 5.78 Å². The maximum absolute atomic E-state index is 13.9. The lowest BCUT2D eigenvalue weighted by Crippen LogP contribution is -2.46. The minimum absolute atomic E-state index is 0.0400. The Hall–Kier alpha value is -1.83. The number of carbonyl (C=O) groups excluding carboxylic acids is 2. The molecular weight excluding hydrogens is 476 g/mol. The predicted octanol–water partition coefficient (Wildman–Crippen LogP) is 5.82. The van der Waals surface area contributed by atoms with Gasteiger partial charge in [0.1, 0.15) is 5.75 Å². The summed E-state index contributed by atoms with van der Waals surface area (Å²) in [5.41, 5.74) is 9.94. The van der Waals surface area contributed by atoms with Crippen LogP contribution in [0.15, 0.2) is 22.4 Å². The number of hydrogen-bond donors (Lipinski definition) is 1. The first kappa shape index (κ1) is 24.8. The van der Waals surface area contributed by atoms with Crippen molar-refractivity contribution in [2.45, 2.75) is 81.2 Å². The fraction of sp³-hybridized carbons (Fsp3) is 0.571. The number of piperidine rings is 1. The second-order valence-corrected chi connectivity index (χ2v) is 14.0. The van der Waals surface area contributed by atoms with E-state index >= 15 is 0 Å². The van der Waals surface area contributed by atoms with Crippen molar-refractivity contribution in [2.24, 2.45) is 11.1 Å². The molecule has 35 heavy (non-hydrogen) atoms. The maximum Gasteiger partial charge on any atom is 0.264 e. The van der Waals surface area contributed by atoms with Crippen LogP contribution in [0.1, 0.15) is 90.1 Å². The van der Waals surface area contributed by atoms with Crippen LogP contribution >= 0.6 is 23.1 Å². The molecule has 0 saturated carbocycles. The molecule has 3 aliphatic rings. The van der Waals surface area contributed by atoms with Gasteiger partial charge in [0.25, 0.3) is 5.91 Å². The first-order valence-electron chi connectivity index (χ1n) is 12.8. The Labute approximate surface area is 216 Å². The van der Waals surface area contributed by atoms with Gasteiger partial charge in [0.05, 0.1) is 15.7 Å². The number of amides is 1. The summed E-state index contributed by atoms with van der Waals surface area (Å²) in [7, 11) is 0. The molecule has 7 heteroatoms. The van der Waals surface area contributed by atoms with E-state index in [1.165, 1.54) is 5.56 Å². The van der Waals surface area contributed by atoms with Crippen molar-refractivity contribution in [2.75, 3.05) is 19.7 Å². The molecule has 1 aromatic carbocycles. The summed E-state index contributed by atoms with van der Waals surface area (Å²) >= 11 is 3.31. The number of ketones is 1. The fourth-order valence-electron chi connectivity index (χ4n) is 5.71. The van der Waals surface area contributed by atoms with Crippen molar-refractivity contribution in [3.63, 3.8) is 0 Å². The van der Waals surface area contributed by atoms with E-state index in [2.05, 4.69) is 33.8 Å². The minimum Gasteiger partial charge on any atom is -0.492 e. The number of nitrogens with zero attached hydrogens (tertiary/aromatic N) is 1. The van der Waals surface area contributed by atoms with Crippen LogP contribution in [0.3, 0.4) is 0 Å². The molecule has 2 N–H and O–H groups in total. The molecule has 1 aromatic heterocycles. The maximum atomic E-state index is 13.9. The number of rotatable bonds is 5. The highest BCUT2D eigenvalue weighted by molar-refractivity contribution is 8.01. The number of carbonyl (C=O) groups is 2. The number of likely N-dealkylation sites (tertiary alicyclic amines) is 1. The highest BCUT2D eigenvalue weighted by Gasteiger charge is 2.45. The van der Waals surface area contributed by atoms with E-state index in [0.717, 1.165) is 57.2 Å². The predicted molar refractivity (Wildman–Crippen MR) is 143 cm³/mol. The molecule has 2 aromatic rings. The summed E-state index contributed by atoms with van der Waals surface area (Å²) < 4.78 is 7.09. The van der Waals surface area contributed by atoms with Gasteiger partial charge >= 0.3 is 0 Å². The SMILES string of the molecule is CCC(C)Sc1sc(C(=O)N2CCC3(CC2)COc2ccc(CN)cc23)c2c1C(=O)CC(C)(C)C2. The van der Waals surface area contributed by atoms with E-state index in [9.17, 15) is 9.59 Å². The third kappa shape index (κ3) is 4.44. The van der Waals surface area contributed by atoms with Crippen molar-refractivity contribution in [3.8, 4) is 5.75 Å². The molecule has 0 bridgehead atoms. The molecule has 188 valence electrons. The molecule has 2 aliphatic heterocycles. The summed E-state index contributed by atoms with van der Waals surface area (Å²) in [5.74, 6) is 1.25. The van der Waals surface area contributed by atoms with Gasteiger partial charge in [0.2, 0.25) is 0 Å². The molecule has 1 amide bonds. The number of fused-ring (bicyclic) bond motifs is 3. The molecule has 1 aliphatic carbocycles. The Morgan fingerprint density at radius 1 is 1.26 bits per heavy atom. The average molecular weight is 513 g/mol. The van der Waals surface area contributed by atoms with Gasteiger partial charge in [-0.15, -0.1) is 23.1 Å². The van der Waals surface area contributed by atoms with Crippen LogP contribution in [-0.2, 0) is 18.4 Å². The summed E-state index contributed by atoms with van der Waals surface area (Å²) in [5, 5.41) is 0.416. The summed E-state index contributed by atoms with van der Waals surface area (Å²) in [6.45, 7) is 11.2. The Bertz CT molecular complexity index is 1160. The van der Waals surface area contributed by atoms with Crippen LogP contribution < -0.4 is 10.5 Å². The van der Waals surface area contributed by atoms with Crippen LogP contribution in [0, 0.1) is 5.41 Å². The Morgan fingerprint density at radius 3 is 2.69 bits per heavy atom. The zero-order valence-corrected chi connectivity index (χ0v) is 22.9. The average Bonchev–Trinajstić information content (AvgIpc) is 3.36. The highest BCUT2D eigenvalue weighted by atomic mass is 32.2. The minimum atomic E-state index is -0.115. The molecule has 5 rings (SSSR count). The quantitative estimate of drug-likeness (QED) is 0.511. The second-order valence-electron chi connectivity index (χ2n) is 11.2. The fourth-order valence-corrected chi connectivity index (χ4v) is 8.57. The standard InChI is InChI=1S/C28H36N2O3S2/c1-5-17(2)34-26-23-19(13-27(3,4)14-21(23)31)24(35-26)25(32)30-10-8-28(9-11-30)16-33-22-7-6-18(15-29)12-20(22)28/h6-7,12,17H,5,8-11,13-16,29H2,1-4H3. The number of nitrogens with two attached hydrogens (primary N) is 1. The van der Waals surface area contributed by atoms with Crippen molar-refractivity contribution in [3.05, 3.63) is 45.3 Å². The van der Waals surface area contributed by atoms with Crippen LogP contribution in [0.25, 0.3) is 0 Å². The topological polar surface area (TPSA) is 72.6 Å². The zero-order chi connectivity index (χ0) is 25.0. The molecule has 1 spiro atoms. The number of Topliss-reactive ketones (excluding diaryl/α,β-unsaturated/α-hetero) is 1. The lowest BCUT2D eigenvalue weighted by molar-refractivity contribution is 0.0649. The summed E-state index contributed by atoms with van der Waals surface area (Å²) in [4.78, 5) is 29.9. The zero-order valence-electron chi connectivity index (χ0n) is 21.2. The number of benzene rings is 1. The monoisotopic (exact) mass is 512 g/mol. The molecule has 5 nitrogen and oxygen atoms in total. The van der Waals surface area contributed by atoms with Gasteiger partial charge < -0.3 is 15.4 Å². The Balaban J connectivity index is 1.41. The first-order chi connectivity index (χ1) is 16.7. The van der Waals surface area contributed by atoms with Crippen LogP contribution in [0.2, 0.25) is 0 Å². The molecule has 3 heterocycles. The van der Waals surface area contributed by atoms with Crippen molar-refractivity contribution in [1.29, 1.82) is 0 Å².